The van der Waals surface area contributed by atoms with Gasteiger partial charge in [0.05, 0.1) is 18.4 Å². The van der Waals surface area contributed by atoms with Crippen LogP contribution in [0.3, 0.4) is 0 Å². The predicted molar refractivity (Wildman–Crippen MR) is 130 cm³/mol. The van der Waals surface area contributed by atoms with Crippen LogP contribution >= 0.6 is 0 Å². The molecule has 1 heterocycles. The fourth-order valence-corrected chi connectivity index (χ4v) is 3.91. The molecule has 35 heavy (non-hydrogen) atoms. The molecule has 0 atom stereocenters. The highest BCUT2D eigenvalue weighted by Crippen LogP contribution is 2.40. The third kappa shape index (κ3) is 4.34. The molecule has 4 aromatic carbocycles. The predicted octanol–water partition coefficient (Wildman–Crippen LogP) is 7.43. The number of esters is 1. The van der Waals surface area contributed by atoms with Crippen molar-refractivity contribution in [3.8, 4) is 33.9 Å². The Labute approximate surface area is 200 Å². The lowest BCUT2D eigenvalue weighted by Crippen LogP contribution is -2.01. The first-order valence-electron chi connectivity index (χ1n) is 10.8. The van der Waals surface area contributed by atoms with Gasteiger partial charge in [-0.2, -0.15) is 0 Å². The van der Waals surface area contributed by atoms with Crippen molar-refractivity contribution < 1.29 is 23.0 Å². The van der Waals surface area contributed by atoms with Gasteiger partial charge in [0, 0.05) is 17.0 Å². The Morgan fingerprint density at radius 1 is 0.771 bits per heavy atom. The minimum Gasteiger partial charge on any atom is -0.465 e. The number of carbonyl (C=O) groups is 1. The normalized spacial score (nSPS) is 10.8. The maximum Gasteiger partial charge on any atom is 0.337 e. The van der Waals surface area contributed by atoms with Crippen molar-refractivity contribution in [2.75, 3.05) is 7.11 Å². The third-order valence-corrected chi connectivity index (χ3v) is 5.59. The Bertz CT molecular complexity index is 1520. The topological polar surface area (TPSA) is 48.4 Å². The zero-order chi connectivity index (χ0) is 24.4. The van der Waals surface area contributed by atoms with Crippen LogP contribution in [-0.4, -0.2) is 18.1 Å². The van der Waals surface area contributed by atoms with Crippen LogP contribution in [0.4, 0.5) is 8.78 Å². The number of pyridine rings is 1. The van der Waals surface area contributed by atoms with Crippen LogP contribution in [0.2, 0.25) is 0 Å². The summed E-state index contributed by atoms with van der Waals surface area (Å²) >= 11 is 0. The number of aromatic nitrogens is 1. The lowest BCUT2D eigenvalue weighted by molar-refractivity contribution is 0.0600. The van der Waals surface area contributed by atoms with Crippen molar-refractivity contribution in [3.63, 3.8) is 0 Å². The summed E-state index contributed by atoms with van der Waals surface area (Å²) in [5.74, 6) is -2.07. The standard InChI is InChI=1S/C29H19F2NO3/c1-34-29(33)20-12-14-21(15-13-20)35-28-24(31)17-23(30)26-22(18-8-4-2-5-9-18)16-25(32-27(26)28)19-10-6-3-7-11-19/h2-17H,1H3. The van der Waals surface area contributed by atoms with E-state index in [9.17, 15) is 4.79 Å². The summed E-state index contributed by atoms with van der Waals surface area (Å²) in [6, 6.07) is 27.3. The van der Waals surface area contributed by atoms with Crippen molar-refractivity contribution in [1.29, 1.82) is 0 Å². The van der Waals surface area contributed by atoms with Crippen molar-refractivity contribution in [3.05, 3.63) is 114 Å². The van der Waals surface area contributed by atoms with Crippen molar-refractivity contribution in [2.45, 2.75) is 0 Å². The minimum absolute atomic E-state index is 0.0553. The highest BCUT2D eigenvalue weighted by molar-refractivity contribution is 6.00. The SMILES string of the molecule is COC(=O)c1ccc(Oc2c(F)cc(F)c3c(-c4ccccc4)cc(-c4ccccc4)nc23)cc1. The van der Waals surface area contributed by atoms with Gasteiger partial charge in [-0.1, -0.05) is 60.7 Å². The summed E-state index contributed by atoms with van der Waals surface area (Å²) in [5, 5.41) is 0.151. The summed E-state index contributed by atoms with van der Waals surface area (Å²) in [7, 11) is 1.28. The molecule has 0 aliphatic heterocycles. The van der Waals surface area contributed by atoms with E-state index in [0.717, 1.165) is 17.2 Å². The van der Waals surface area contributed by atoms with Crippen molar-refractivity contribution in [1.82, 2.24) is 4.98 Å². The molecule has 0 radical (unpaired) electrons. The van der Waals surface area contributed by atoms with Crippen LogP contribution in [0.5, 0.6) is 11.5 Å². The number of carbonyl (C=O) groups excluding carboxylic acids is 1. The molecule has 5 rings (SSSR count). The van der Waals surface area contributed by atoms with E-state index in [2.05, 4.69) is 4.98 Å². The molecule has 0 amide bonds. The molecular weight excluding hydrogens is 448 g/mol. The zero-order valence-corrected chi connectivity index (χ0v) is 18.7. The van der Waals surface area contributed by atoms with E-state index >= 15 is 8.78 Å². The van der Waals surface area contributed by atoms with Crippen LogP contribution in [-0.2, 0) is 4.74 Å². The smallest absolute Gasteiger partial charge is 0.337 e. The monoisotopic (exact) mass is 467 g/mol. The number of hydrogen-bond acceptors (Lipinski definition) is 4. The number of rotatable bonds is 5. The molecule has 0 bridgehead atoms. The minimum atomic E-state index is -0.885. The fourth-order valence-electron chi connectivity index (χ4n) is 3.91. The molecule has 5 aromatic rings. The second-order valence-electron chi connectivity index (χ2n) is 7.80. The molecule has 0 spiro atoms. The van der Waals surface area contributed by atoms with E-state index in [0.29, 0.717) is 16.8 Å². The molecule has 172 valence electrons. The molecule has 6 heteroatoms. The Hall–Kier alpha value is -4.58. The maximum absolute atomic E-state index is 15.2. The summed E-state index contributed by atoms with van der Waals surface area (Å²) in [5.41, 5.74) is 3.05. The number of fused-ring (bicyclic) bond motifs is 1. The van der Waals surface area contributed by atoms with Crippen LogP contribution in [0, 0.1) is 11.6 Å². The highest BCUT2D eigenvalue weighted by atomic mass is 19.1. The molecule has 4 nitrogen and oxygen atoms in total. The van der Waals surface area contributed by atoms with Crippen LogP contribution in [0.1, 0.15) is 10.4 Å². The molecular formula is C29H19F2NO3. The summed E-state index contributed by atoms with van der Waals surface area (Å²) in [6.07, 6.45) is 0. The number of nitrogens with zero attached hydrogens (tertiary/aromatic N) is 1. The molecule has 0 N–H and O–H groups in total. The number of halogens is 2. The van der Waals surface area contributed by atoms with E-state index < -0.39 is 17.6 Å². The van der Waals surface area contributed by atoms with Gasteiger partial charge in [0.1, 0.15) is 17.1 Å². The lowest BCUT2D eigenvalue weighted by atomic mass is 9.97. The average Bonchev–Trinajstić information content (AvgIpc) is 2.91. The van der Waals surface area contributed by atoms with Crippen LogP contribution in [0.25, 0.3) is 33.3 Å². The average molecular weight is 467 g/mol. The van der Waals surface area contributed by atoms with Gasteiger partial charge in [-0.15, -0.1) is 0 Å². The lowest BCUT2D eigenvalue weighted by Gasteiger charge is -2.15. The first kappa shape index (κ1) is 22.2. The molecule has 0 saturated heterocycles. The van der Waals surface area contributed by atoms with Crippen molar-refractivity contribution >= 4 is 16.9 Å². The number of ether oxygens (including phenoxy) is 2. The quantitative estimate of drug-likeness (QED) is 0.252. The van der Waals surface area contributed by atoms with Gasteiger partial charge in [-0.25, -0.2) is 18.6 Å². The van der Waals surface area contributed by atoms with E-state index in [1.165, 1.54) is 31.4 Å². The van der Waals surface area contributed by atoms with Gasteiger partial charge in [0.15, 0.2) is 11.6 Å². The molecule has 1 aromatic heterocycles. The summed E-state index contributed by atoms with van der Waals surface area (Å²) in [6.45, 7) is 0. The van der Waals surface area contributed by atoms with E-state index in [-0.39, 0.29) is 22.4 Å². The Morgan fingerprint density at radius 3 is 2.03 bits per heavy atom. The molecule has 0 aliphatic carbocycles. The van der Waals surface area contributed by atoms with Gasteiger partial charge in [0.2, 0.25) is 0 Å². The number of methoxy groups -OCH3 is 1. The van der Waals surface area contributed by atoms with E-state index in [4.69, 9.17) is 9.47 Å². The van der Waals surface area contributed by atoms with Gasteiger partial charge in [-0.3, -0.25) is 0 Å². The largest absolute Gasteiger partial charge is 0.465 e. The molecule has 0 aliphatic rings. The molecule has 0 fully saturated rings. The van der Waals surface area contributed by atoms with Gasteiger partial charge in [0.25, 0.3) is 0 Å². The summed E-state index contributed by atoms with van der Waals surface area (Å²) < 4.78 is 40.9. The van der Waals surface area contributed by atoms with Crippen LogP contribution in [0.15, 0.2) is 97.1 Å². The summed E-state index contributed by atoms with van der Waals surface area (Å²) in [4.78, 5) is 16.3. The first-order chi connectivity index (χ1) is 17.0. The second-order valence-corrected chi connectivity index (χ2v) is 7.80. The Morgan fingerprint density at radius 2 is 1.40 bits per heavy atom. The Kier molecular flexibility index (Phi) is 5.94. The zero-order valence-electron chi connectivity index (χ0n) is 18.7. The highest BCUT2D eigenvalue weighted by Gasteiger charge is 2.21. The molecule has 0 saturated carbocycles. The van der Waals surface area contributed by atoms with Crippen LogP contribution < -0.4 is 4.74 Å². The van der Waals surface area contributed by atoms with Gasteiger partial charge < -0.3 is 9.47 Å². The molecule has 0 unspecified atom stereocenters. The third-order valence-electron chi connectivity index (χ3n) is 5.59. The fraction of sp³-hybridized carbons (Fsp3) is 0.0345. The van der Waals surface area contributed by atoms with Gasteiger partial charge >= 0.3 is 5.97 Å². The second kappa shape index (κ2) is 9.35. The van der Waals surface area contributed by atoms with Crippen molar-refractivity contribution in [2.24, 2.45) is 0 Å². The van der Waals surface area contributed by atoms with E-state index in [1.807, 2.05) is 60.7 Å². The number of benzene rings is 4. The first-order valence-corrected chi connectivity index (χ1v) is 10.8. The van der Waals surface area contributed by atoms with E-state index in [1.54, 1.807) is 6.07 Å². The Balaban J connectivity index is 1.73. The maximum atomic E-state index is 15.2. The van der Waals surface area contributed by atoms with Gasteiger partial charge in [-0.05, 0) is 41.5 Å². The number of hydrogen-bond donors (Lipinski definition) is 0.